The summed E-state index contributed by atoms with van der Waals surface area (Å²) in [7, 11) is 0. The molecule has 1 heterocycles. The van der Waals surface area contributed by atoms with Crippen LogP contribution in [-0.4, -0.2) is 22.6 Å². The molecule has 0 amide bonds. The summed E-state index contributed by atoms with van der Waals surface area (Å²) in [5, 5.41) is 3.65. The molecule has 0 aliphatic carbocycles. The Kier molecular flexibility index (Phi) is 5.92. The van der Waals surface area contributed by atoms with Gasteiger partial charge >= 0.3 is 0 Å². The first-order chi connectivity index (χ1) is 8.84. The van der Waals surface area contributed by atoms with Crippen molar-refractivity contribution in [3.63, 3.8) is 0 Å². The minimum atomic E-state index is 0.234. The fourth-order valence-electron chi connectivity index (χ4n) is 2.05. The van der Waals surface area contributed by atoms with Gasteiger partial charge in [0.15, 0.2) is 0 Å². The van der Waals surface area contributed by atoms with E-state index >= 15 is 0 Å². The molecule has 0 bridgehead atoms. The molecule has 1 N–H and O–H groups in total. The van der Waals surface area contributed by atoms with E-state index in [4.69, 9.17) is 0 Å². The van der Waals surface area contributed by atoms with E-state index in [9.17, 15) is 0 Å². The van der Waals surface area contributed by atoms with Crippen LogP contribution in [0.1, 0.15) is 65.3 Å². The third kappa shape index (κ3) is 5.27. The molecule has 1 rings (SSSR count). The largest absolute Gasteiger partial charge is 0.313 e. The Balaban J connectivity index is 2.81. The van der Waals surface area contributed by atoms with Gasteiger partial charge in [-0.3, -0.25) is 0 Å². The van der Waals surface area contributed by atoms with Crippen LogP contribution < -0.4 is 5.32 Å². The number of nitrogens with zero attached hydrogens (tertiary/aromatic N) is 2. The number of rotatable bonds is 6. The molecule has 1 aromatic rings. The lowest BCUT2D eigenvalue weighted by Crippen LogP contribution is -2.42. The number of nitrogens with one attached hydrogen (secondary N) is 1. The van der Waals surface area contributed by atoms with Gasteiger partial charge in [0.25, 0.3) is 0 Å². The SMILES string of the molecule is CCCNC(Cc1cc(C(C)C)ncn1)C(C)(C)C. The maximum atomic E-state index is 4.43. The molecule has 0 fully saturated rings. The summed E-state index contributed by atoms with van der Waals surface area (Å²) >= 11 is 0. The molecule has 0 aliphatic rings. The summed E-state index contributed by atoms with van der Waals surface area (Å²) in [6.07, 6.45) is 3.82. The van der Waals surface area contributed by atoms with Crippen molar-refractivity contribution in [3.8, 4) is 0 Å². The molecule has 3 heteroatoms. The quantitative estimate of drug-likeness (QED) is 0.853. The summed E-state index contributed by atoms with van der Waals surface area (Å²) in [6.45, 7) is 14.4. The lowest BCUT2D eigenvalue weighted by molar-refractivity contribution is 0.265. The molecule has 108 valence electrons. The van der Waals surface area contributed by atoms with Gasteiger partial charge in [-0.25, -0.2) is 9.97 Å². The molecule has 0 saturated heterocycles. The van der Waals surface area contributed by atoms with E-state index in [1.807, 2.05) is 0 Å². The van der Waals surface area contributed by atoms with Crippen molar-refractivity contribution in [2.24, 2.45) is 5.41 Å². The third-order valence-corrected chi connectivity index (χ3v) is 3.44. The average Bonchev–Trinajstić information content (AvgIpc) is 2.33. The molecule has 0 aromatic carbocycles. The summed E-state index contributed by atoms with van der Waals surface area (Å²) in [4.78, 5) is 8.77. The first-order valence-electron chi connectivity index (χ1n) is 7.38. The predicted molar refractivity (Wildman–Crippen MR) is 81.4 cm³/mol. The first-order valence-corrected chi connectivity index (χ1v) is 7.38. The Morgan fingerprint density at radius 1 is 1.21 bits per heavy atom. The Morgan fingerprint density at radius 3 is 2.42 bits per heavy atom. The highest BCUT2D eigenvalue weighted by Crippen LogP contribution is 2.23. The highest BCUT2D eigenvalue weighted by atomic mass is 14.9. The number of hydrogen-bond acceptors (Lipinski definition) is 3. The summed E-state index contributed by atoms with van der Waals surface area (Å²) in [6, 6.07) is 2.60. The zero-order chi connectivity index (χ0) is 14.5. The van der Waals surface area contributed by atoms with Crippen LogP contribution in [0, 0.1) is 5.41 Å². The summed E-state index contributed by atoms with van der Waals surface area (Å²) in [5.41, 5.74) is 2.51. The third-order valence-electron chi connectivity index (χ3n) is 3.44. The highest BCUT2D eigenvalue weighted by molar-refractivity contribution is 5.13. The van der Waals surface area contributed by atoms with Crippen LogP contribution in [0.5, 0.6) is 0 Å². The van der Waals surface area contributed by atoms with E-state index in [1.54, 1.807) is 6.33 Å². The van der Waals surface area contributed by atoms with E-state index < -0.39 is 0 Å². The van der Waals surface area contributed by atoms with Gasteiger partial charge in [-0.1, -0.05) is 41.5 Å². The molecule has 1 aromatic heterocycles. The van der Waals surface area contributed by atoms with Crippen LogP contribution in [0.15, 0.2) is 12.4 Å². The van der Waals surface area contributed by atoms with Crippen LogP contribution in [0.25, 0.3) is 0 Å². The Morgan fingerprint density at radius 2 is 1.89 bits per heavy atom. The molecule has 0 spiro atoms. The van der Waals surface area contributed by atoms with Crippen molar-refractivity contribution in [1.82, 2.24) is 15.3 Å². The Labute approximate surface area is 118 Å². The van der Waals surface area contributed by atoms with E-state index in [1.165, 1.54) is 0 Å². The monoisotopic (exact) mass is 263 g/mol. The van der Waals surface area contributed by atoms with Crippen molar-refractivity contribution in [1.29, 1.82) is 0 Å². The van der Waals surface area contributed by atoms with Gasteiger partial charge in [0.05, 0.1) is 0 Å². The van der Waals surface area contributed by atoms with Crippen molar-refractivity contribution in [3.05, 3.63) is 23.8 Å². The van der Waals surface area contributed by atoms with Gasteiger partial charge in [-0.05, 0) is 30.4 Å². The smallest absolute Gasteiger partial charge is 0.115 e. The van der Waals surface area contributed by atoms with Crippen molar-refractivity contribution >= 4 is 0 Å². The second kappa shape index (κ2) is 6.99. The molecule has 1 unspecified atom stereocenters. The summed E-state index contributed by atoms with van der Waals surface area (Å²) in [5.74, 6) is 0.457. The normalized spacial score (nSPS) is 13.8. The van der Waals surface area contributed by atoms with Gasteiger partial charge in [0.1, 0.15) is 6.33 Å². The fourth-order valence-corrected chi connectivity index (χ4v) is 2.05. The second-order valence-corrected chi connectivity index (χ2v) is 6.67. The highest BCUT2D eigenvalue weighted by Gasteiger charge is 2.24. The number of hydrogen-bond donors (Lipinski definition) is 1. The van der Waals surface area contributed by atoms with Gasteiger partial charge in [-0.2, -0.15) is 0 Å². The molecule has 0 saturated carbocycles. The van der Waals surface area contributed by atoms with Crippen LogP contribution in [0.4, 0.5) is 0 Å². The lowest BCUT2D eigenvalue weighted by atomic mass is 9.83. The molecule has 1 atom stereocenters. The minimum Gasteiger partial charge on any atom is -0.313 e. The van der Waals surface area contributed by atoms with Crippen molar-refractivity contribution in [2.75, 3.05) is 6.54 Å². The van der Waals surface area contributed by atoms with Crippen LogP contribution in [-0.2, 0) is 6.42 Å². The standard InChI is InChI=1S/C16H29N3/c1-7-8-17-15(16(4,5)6)10-13-9-14(12(2)3)19-11-18-13/h9,11-12,15,17H,7-8,10H2,1-6H3. The topological polar surface area (TPSA) is 37.8 Å². The molecule has 0 aliphatic heterocycles. The minimum absolute atomic E-state index is 0.234. The van der Waals surface area contributed by atoms with E-state index in [-0.39, 0.29) is 5.41 Å². The summed E-state index contributed by atoms with van der Waals surface area (Å²) < 4.78 is 0. The van der Waals surface area contributed by atoms with Gasteiger partial charge in [0, 0.05) is 23.9 Å². The molecule has 19 heavy (non-hydrogen) atoms. The van der Waals surface area contributed by atoms with E-state index in [2.05, 4.69) is 62.9 Å². The Hall–Kier alpha value is -0.960. The average molecular weight is 263 g/mol. The zero-order valence-electron chi connectivity index (χ0n) is 13.3. The maximum Gasteiger partial charge on any atom is 0.115 e. The molecular formula is C16H29N3. The van der Waals surface area contributed by atoms with Crippen molar-refractivity contribution < 1.29 is 0 Å². The van der Waals surface area contributed by atoms with E-state index in [0.717, 1.165) is 30.8 Å². The van der Waals surface area contributed by atoms with E-state index in [0.29, 0.717) is 12.0 Å². The number of aromatic nitrogens is 2. The second-order valence-electron chi connectivity index (χ2n) is 6.67. The van der Waals surface area contributed by atoms with Crippen LogP contribution in [0.3, 0.4) is 0 Å². The Bertz CT molecular complexity index is 380. The molecule has 3 nitrogen and oxygen atoms in total. The van der Waals surface area contributed by atoms with Crippen LogP contribution >= 0.6 is 0 Å². The molecular weight excluding hydrogens is 234 g/mol. The fraction of sp³-hybridized carbons (Fsp3) is 0.750. The van der Waals surface area contributed by atoms with Crippen molar-refractivity contribution in [2.45, 2.75) is 66.3 Å². The predicted octanol–water partition coefficient (Wildman–Crippen LogP) is 3.56. The lowest BCUT2D eigenvalue weighted by Gasteiger charge is -2.31. The van der Waals surface area contributed by atoms with Gasteiger partial charge in [-0.15, -0.1) is 0 Å². The first kappa shape index (κ1) is 16.1. The van der Waals surface area contributed by atoms with Crippen LogP contribution in [0.2, 0.25) is 0 Å². The maximum absolute atomic E-state index is 4.43. The zero-order valence-corrected chi connectivity index (χ0v) is 13.3. The van der Waals surface area contributed by atoms with Gasteiger partial charge in [0.2, 0.25) is 0 Å². The molecule has 0 radical (unpaired) electrons. The van der Waals surface area contributed by atoms with Gasteiger partial charge < -0.3 is 5.32 Å².